The zero-order chi connectivity index (χ0) is 21.5. The van der Waals surface area contributed by atoms with E-state index >= 15 is 0 Å². The van der Waals surface area contributed by atoms with Gasteiger partial charge in [-0.2, -0.15) is 0 Å². The van der Waals surface area contributed by atoms with Crippen molar-refractivity contribution in [3.63, 3.8) is 0 Å². The van der Waals surface area contributed by atoms with Gasteiger partial charge >= 0.3 is 0 Å². The van der Waals surface area contributed by atoms with Crippen LogP contribution in [-0.2, 0) is 6.42 Å². The summed E-state index contributed by atoms with van der Waals surface area (Å²) in [6, 6.07) is 16.1. The molecule has 154 valence electrons. The molecule has 0 radical (unpaired) electrons. The van der Waals surface area contributed by atoms with E-state index in [1.807, 2.05) is 24.3 Å². The number of rotatable bonds is 3. The Morgan fingerprint density at radius 2 is 1.69 bits per heavy atom. The Morgan fingerprint density at radius 3 is 2.53 bits per heavy atom. The number of aromatic nitrogens is 5. The summed E-state index contributed by atoms with van der Waals surface area (Å²) >= 11 is 6.23. The van der Waals surface area contributed by atoms with Gasteiger partial charge in [0, 0.05) is 58.6 Å². The summed E-state index contributed by atoms with van der Waals surface area (Å²) in [5.41, 5.74) is 6.04. The van der Waals surface area contributed by atoms with Gasteiger partial charge in [0.2, 0.25) is 0 Å². The zero-order valence-corrected chi connectivity index (χ0v) is 17.7. The minimum atomic E-state index is 0.643. The van der Waals surface area contributed by atoms with Crippen LogP contribution in [0.4, 0.5) is 11.5 Å². The lowest BCUT2D eigenvalue weighted by atomic mass is 10.1. The lowest BCUT2D eigenvalue weighted by Crippen LogP contribution is -2.16. The number of hydrogen-bond donors (Lipinski definition) is 0. The predicted molar refractivity (Wildman–Crippen MR) is 126 cm³/mol. The van der Waals surface area contributed by atoms with Gasteiger partial charge < -0.3 is 4.90 Å². The van der Waals surface area contributed by atoms with E-state index in [0.717, 1.165) is 57.1 Å². The van der Waals surface area contributed by atoms with E-state index in [1.54, 1.807) is 24.8 Å². The Hall–Kier alpha value is -3.90. The van der Waals surface area contributed by atoms with E-state index in [-0.39, 0.29) is 0 Å². The van der Waals surface area contributed by atoms with E-state index in [2.05, 4.69) is 44.1 Å². The second-order valence-electron chi connectivity index (χ2n) is 7.65. The molecule has 0 saturated carbocycles. The van der Waals surface area contributed by atoms with Crippen LogP contribution in [0.15, 0.2) is 79.6 Å². The van der Waals surface area contributed by atoms with E-state index in [1.165, 1.54) is 11.9 Å². The maximum Gasteiger partial charge on any atom is 0.163 e. The van der Waals surface area contributed by atoms with Crippen molar-refractivity contribution in [3.05, 3.63) is 90.2 Å². The van der Waals surface area contributed by atoms with Crippen LogP contribution in [0.5, 0.6) is 0 Å². The summed E-state index contributed by atoms with van der Waals surface area (Å²) in [5, 5.41) is 1.74. The summed E-state index contributed by atoms with van der Waals surface area (Å²) in [5.74, 6) is 1.52. The first kappa shape index (κ1) is 18.8. The smallest absolute Gasteiger partial charge is 0.163 e. The monoisotopic (exact) mass is 436 g/mol. The molecule has 5 aromatic rings. The predicted octanol–water partition coefficient (Wildman–Crippen LogP) is 5.50. The molecule has 0 amide bonds. The molecule has 6 nitrogen and oxygen atoms in total. The maximum absolute atomic E-state index is 6.23. The van der Waals surface area contributed by atoms with Crippen molar-refractivity contribution in [1.82, 2.24) is 24.9 Å². The van der Waals surface area contributed by atoms with Crippen LogP contribution in [0.25, 0.3) is 33.4 Å². The van der Waals surface area contributed by atoms with Gasteiger partial charge in [-0.05, 0) is 60.0 Å². The third kappa shape index (κ3) is 3.25. The van der Waals surface area contributed by atoms with Crippen LogP contribution in [0.2, 0.25) is 5.02 Å². The normalized spacial score (nSPS) is 12.8. The number of anilines is 2. The van der Waals surface area contributed by atoms with Gasteiger partial charge in [0.15, 0.2) is 5.82 Å². The zero-order valence-electron chi connectivity index (χ0n) is 17.0. The Balaban J connectivity index is 1.57. The Morgan fingerprint density at radius 1 is 0.812 bits per heavy atom. The van der Waals surface area contributed by atoms with E-state index < -0.39 is 0 Å². The molecule has 6 rings (SSSR count). The molecule has 0 saturated heterocycles. The summed E-state index contributed by atoms with van der Waals surface area (Å²) in [6.45, 7) is 0.836. The average molecular weight is 437 g/mol. The highest BCUT2D eigenvalue weighted by Gasteiger charge is 2.24. The number of benzene rings is 2. The van der Waals surface area contributed by atoms with Crippen molar-refractivity contribution < 1.29 is 0 Å². The molecule has 0 aliphatic carbocycles. The van der Waals surface area contributed by atoms with Crippen molar-refractivity contribution in [2.75, 3.05) is 11.4 Å². The number of pyridine rings is 1. The molecule has 1 aliphatic rings. The Bertz CT molecular complexity index is 1430. The first-order valence-electron chi connectivity index (χ1n) is 10.3. The number of halogens is 1. The number of hydrogen-bond acceptors (Lipinski definition) is 6. The van der Waals surface area contributed by atoms with Crippen molar-refractivity contribution >= 4 is 34.0 Å². The van der Waals surface area contributed by atoms with Gasteiger partial charge in [-0.1, -0.05) is 17.7 Å². The fourth-order valence-corrected chi connectivity index (χ4v) is 4.36. The standard InChI is InChI=1S/C25H17ClN6/c26-20-4-6-23-17(10-20)7-9-32(23)25-21-5-3-16(19-13-28-15-29-14-19)11-22(21)30-24(31-25)18-2-1-8-27-12-18/h1-6,8,10-15H,7,9H2. The number of fused-ring (bicyclic) bond motifs is 2. The van der Waals surface area contributed by atoms with Crippen LogP contribution in [0.1, 0.15) is 5.56 Å². The third-order valence-corrected chi connectivity index (χ3v) is 5.92. The van der Waals surface area contributed by atoms with Crippen molar-refractivity contribution in [3.8, 4) is 22.5 Å². The van der Waals surface area contributed by atoms with Gasteiger partial charge in [0.25, 0.3) is 0 Å². The van der Waals surface area contributed by atoms with E-state index in [4.69, 9.17) is 21.6 Å². The van der Waals surface area contributed by atoms with Gasteiger partial charge in [0.05, 0.1) is 5.52 Å². The Kier molecular flexibility index (Phi) is 4.51. The largest absolute Gasteiger partial charge is 0.325 e. The van der Waals surface area contributed by atoms with E-state index in [0.29, 0.717) is 5.82 Å². The highest BCUT2D eigenvalue weighted by Crippen LogP contribution is 2.39. The van der Waals surface area contributed by atoms with Crippen molar-refractivity contribution in [2.24, 2.45) is 0 Å². The lowest BCUT2D eigenvalue weighted by molar-refractivity contribution is 0.976. The quantitative estimate of drug-likeness (QED) is 0.372. The number of nitrogens with zero attached hydrogens (tertiary/aromatic N) is 6. The molecule has 32 heavy (non-hydrogen) atoms. The summed E-state index contributed by atoms with van der Waals surface area (Å²) in [7, 11) is 0. The Labute approximate surface area is 189 Å². The highest BCUT2D eigenvalue weighted by atomic mass is 35.5. The second-order valence-corrected chi connectivity index (χ2v) is 8.08. The van der Waals surface area contributed by atoms with Crippen LogP contribution >= 0.6 is 11.6 Å². The molecular formula is C25H17ClN6. The van der Waals surface area contributed by atoms with Crippen LogP contribution in [0, 0.1) is 0 Å². The maximum atomic E-state index is 6.23. The summed E-state index contributed by atoms with van der Waals surface area (Å²) in [4.78, 5) is 24.7. The van der Waals surface area contributed by atoms with Gasteiger partial charge in [-0.15, -0.1) is 0 Å². The molecule has 0 atom stereocenters. The average Bonchev–Trinajstić information content (AvgIpc) is 3.27. The summed E-state index contributed by atoms with van der Waals surface area (Å²) < 4.78 is 0. The molecule has 2 aromatic carbocycles. The minimum Gasteiger partial charge on any atom is -0.325 e. The van der Waals surface area contributed by atoms with Crippen LogP contribution in [-0.4, -0.2) is 31.5 Å². The fourth-order valence-electron chi connectivity index (χ4n) is 4.16. The molecule has 0 spiro atoms. The van der Waals surface area contributed by atoms with Crippen molar-refractivity contribution in [2.45, 2.75) is 6.42 Å². The fraction of sp³-hybridized carbons (Fsp3) is 0.0800. The lowest BCUT2D eigenvalue weighted by Gasteiger charge is -2.21. The first-order valence-corrected chi connectivity index (χ1v) is 10.7. The van der Waals surface area contributed by atoms with Crippen LogP contribution < -0.4 is 4.90 Å². The SMILES string of the molecule is Clc1ccc2c(c1)CCN2c1nc(-c2cccnc2)nc2cc(-c3cncnc3)ccc12. The molecule has 0 bridgehead atoms. The summed E-state index contributed by atoms with van der Waals surface area (Å²) in [6.07, 6.45) is 9.60. The van der Waals surface area contributed by atoms with Gasteiger partial charge in [-0.3, -0.25) is 4.98 Å². The molecule has 0 unspecified atom stereocenters. The van der Waals surface area contributed by atoms with Crippen molar-refractivity contribution in [1.29, 1.82) is 0 Å². The van der Waals surface area contributed by atoms with E-state index in [9.17, 15) is 0 Å². The van der Waals surface area contributed by atoms with Crippen LogP contribution in [0.3, 0.4) is 0 Å². The molecule has 4 heterocycles. The molecule has 1 aliphatic heterocycles. The molecule has 0 N–H and O–H groups in total. The van der Waals surface area contributed by atoms with Gasteiger partial charge in [-0.25, -0.2) is 19.9 Å². The molecule has 0 fully saturated rings. The second kappa shape index (κ2) is 7.66. The first-order chi connectivity index (χ1) is 15.8. The topological polar surface area (TPSA) is 67.7 Å². The minimum absolute atomic E-state index is 0.643. The molecular weight excluding hydrogens is 420 g/mol. The highest BCUT2D eigenvalue weighted by molar-refractivity contribution is 6.30. The van der Waals surface area contributed by atoms with Gasteiger partial charge in [0.1, 0.15) is 12.1 Å². The third-order valence-electron chi connectivity index (χ3n) is 5.68. The molecule has 7 heteroatoms. The molecule has 3 aromatic heterocycles.